The smallest absolute Gasteiger partial charge is 0.268 e. The standard InChI is InChI=1S/C18H20IN3O2/c1-13(12-21-9-4-8-17(21)23)20-18(24)16-7-3-10-22(16)15-6-2-5-14(19)11-15/h2-3,5-7,10-11,13H,4,8-9,12H2,1H3,(H,20,24)/t13-/m0/s1. The van der Waals surface area contributed by atoms with Crippen molar-refractivity contribution in [2.45, 2.75) is 25.8 Å². The summed E-state index contributed by atoms with van der Waals surface area (Å²) in [4.78, 5) is 26.1. The lowest BCUT2D eigenvalue weighted by Crippen LogP contribution is -2.42. The molecule has 2 aromatic rings. The van der Waals surface area contributed by atoms with Crippen molar-refractivity contribution in [2.75, 3.05) is 13.1 Å². The van der Waals surface area contributed by atoms with Crippen molar-refractivity contribution in [2.24, 2.45) is 0 Å². The second kappa shape index (κ2) is 7.38. The second-order valence-corrected chi connectivity index (χ2v) is 7.31. The molecule has 1 fully saturated rings. The van der Waals surface area contributed by atoms with E-state index in [1.54, 1.807) is 0 Å². The molecule has 1 saturated heterocycles. The Labute approximate surface area is 155 Å². The maximum Gasteiger partial charge on any atom is 0.268 e. The van der Waals surface area contributed by atoms with Crippen LogP contribution in [0, 0.1) is 3.57 Å². The lowest BCUT2D eigenvalue weighted by molar-refractivity contribution is -0.127. The van der Waals surface area contributed by atoms with E-state index in [0.29, 0.717) is 18.7 Å². The molecule has 0 radical (unpaired) electrons. The SMILES string of the molecule is C[C@@H](CN1CCCC1=O)NC(=O)c1cccn1-c1cccc(I)c1. The zero-order valence-corrected chi connectivity index (χ0v) is 15.7. The van der Waals surface area contributed by atoms with Gasteiger partial charge in [0, 0.05) is 41.0 Å². The Morgan fingerprint density at radius 1 is 1.33 bits per heavy atom. The molecule has 1 aromatic heterocycles. The summed E-state index contributed by atoms with van der Waals surface area (Å²) in [5.74, 6) is 0.0522. The van der Waals surface area contributed by atoms with E-state index in [4.69, 9.17) is 0 Å². The number of rotatable bonds is 5. The molecule has 1 aliphatic heterocycles. The van der Waals surface area contributed by atoms with E-state index in [9.17, 15) is 9.59 Å². The minimum absolute atomic E-state index is 0.0844. The Morgan fingerprint density at radius 3 is 2.88 bits per heavy atom. The molecule has 126 valence electrons. The third-order valence-electron chi connectivity index (χ3n) is 4.11. The molecule has 0 aliphatic carbocycles. The maximum atomic E-state index is 12.6. The van der Waals surface area contributed by atoms with Crippen LogP contribution in [0.5, 0.6) is 0 Å². The average Bonchev–Trinajstić information content (AvgIpc) is 3.17. The molecular weight excluding hydrogens is 417 g/mol. The number of hydrogen-bond acceptors (Lipinski definition) is 2. The highest BCUT2D eigenvalue weighted by molar-refractivity contribution is 14.1. The van der Waals surface area contributed by atoms with Crippen LogP contribution in [-0.4, -0.2) is 40.4 Å². The molecule has 2 amide bonds. The van der Waals surface area contributed by atoms with Gasteiger partial charge in [-0.3, -0.25) is 9.59 Å². The van der Waals surface area contributed by atoms with Crippen LogP contribution in [0.25, 0.3) is 5.69 Å². The van der Waals surface area contributed by atoms with Gasteiger partial charge in [0.05, 0.1) is 0 Å². The number of carbonyl (C=O) groups is 2. The molecule has 3 rings (SSSR count). The van der Waals surface area contributed by atoms with E-state index in [-0.39, 0.29) is 17.9 Å². The molecule has 0 spiro atoms. The van der Waals surface area contributed by atoms with E-state index in [1.165, 1.54) is 0 Å². The van der Waals surface area contributed by atoms with Crippen molar-refractivity contribution in [3.63, 3.8) is 0 Å². The van der Waals surface area contributed by atoms with Crippen molar-refractivity contribution in [1.29, 1.82) is 0 Å². The average molecular weight is 437 g/mol. The summed E-state index contributed by atoms with van der Waals surface area (Å²) in [7, 11) is 0. The lowest BCUT2D eigenvalue weighted by atomic mass is 10.2. The Hall–Kier alpha value is -1.83. The highest BCUT2D eigenvalue weighted by atomic mass is 127. The summed E-state index contributed by atoms with van der Waals surface area (Å²) in [5.41, 5.74) is 1.55. The van der Waals surface area contributed by atoms with E-state index in [0.717, 1.165) is 22.2 Å². The van der Waals surface area contributed by atoms with Crippen LogP contribution < -0.4 is 5.32 Å². The Bertz CT molecular complexity index is 756. The first-order chi connectivity index (χ1) is 11.5. The number of carbonyl (C=O) groups excluding carboxylic acids is 2. The Balaban J connectivity index is 1.69. The number of amides is 2. The van der Waals surface area contributed by atoms with Gasteiger partial charge in [-0.25, -0.2) is 0 Å². The predicted octanol–water partition coefficient (Wildman–Crippen LogP) is 2.82. The predicted molar refractivity (Wildman–Crippen MR) is 101 cm³/mol. The summed E-state index contributed by atoms with van der Waals surface area (Å²) < 4.78 is 3.00. The van der Waals surface area contributed by atoms with Crippen molar-refractivity contribution in [3.8, 4) is 5.69 Å². The van der Waals surface area contributed by atoms with Crippen LogP contribution in [0.3, 0.4) is 0 Å². The topological polar surface area (TPSA) is 54.3 Å². The van der Waals surface area contributed by atoms with Crippen LogP contribution in [0.15, 0.2) is 42.6 Å². The molecule has 0 bridgehead atoms. The van der Waals surface area contributed by atoms with Crippen LogP contribution in [-0.2, 0) is 4.79 Å². The van der Waals surface area contributed by atoms with Crippen LogP contribution in [0.1, 0.15) is 30.3 Å². The minimum Gasteiger partial charge on any atom is -0.347 e. The summed E-state index contributed by atoms with van der Waals surface area (Å²) >= 11 is 2.26. The molecule has 1 aliphatic rings. The molecule has 0 unspecified atom stereocenters. The van der Waals surface area contributed by atoms with Gasteiger partial charge in [0.25, 0.3) is 5.91 Å². The van der Waals surface area contributed by atoms with E-state index in [2.05, 4.69) is 27.9 Å². The monoisotopic (exact) mass is 437 g/mol. The highest BCUT2D eigenvalue weighted by Gasteiger charge is 2.23. The molecule has 2 heterocycles. The molecule has 1 N–H and O–H groups in total. The van der Waals surface area contributed by atoms with Crippen LogP contribution >= 0.6 is 22.6 Å². The number of nitrogens with one attached hydrogen (secondary N) is 1. The van der Waals surface area contributed by atoms with Gasteiger partial charge in [-0.2, -0.15) is 0 Å². The van der Waals surface area contributed by atoms with Gasteiger partial charge < -0.3 is 14.8 Å². The molecule has 6 heteroatoms. The summed E-state index contributed by atoms with van der Waals surface area (Å²) in [5, 5.41) is 3.00. The fraction of sp³-hybridized carbons (Fsp3) is 0.333. The zero-order valence-electron chi connectivity index (χ0n) is 13.5. The lowest BCUT2D eigenvalue weighted by Gasteiger charge is -2.22. The van der Waals surface area contributed by atoms with Gasteiger partial charge in [0.2, 0.25) is 5.91 Å². The summed E-state index contributed by atoms with van der Waals surface area (Å²) in [6.45, 7) is 3.29. The zero-order chi connectivity index (χ0) is 17.1. The van der Waals surface area contributed by atoms with Crippen LogP contribution in [0.4, 0.5) is 0 Å². The number of hydrogen-bond donors (Lipinski definition) is 1. The largest absolute Gasteiger partial charge is 0.347 e. The van der Waals surface area contributed by atoms with E-state index in [1.807, 2.05) is 59.0 Å². The maximum absolute atomic E-state index is 12.6. The number of halogens is 1. The van der Waals surface area contributed by atoms with Gasteiger partial charge in [-0.1, -0.05) is 6.07 Å². The third-order valence-corrected chi connectivity index (χ3v) is 4.78. The van der Waals surface area contributed by atoms with Crippen molar-refractivity contribution >= 4 is 34.4 Å². The first-order valence-electron chi connectivity index (χ1n) is 8.06. The van der Waals surface area contributed by atoms with E-state index < -0.39 is 0 Å². The summed E-state index contributed by atoms with van der Waals surface area (Å²) in [6.07, 6.45) is 3.42. The fourth-order valence-corrected chi connectivity index (χ4v) is 3.51. The number of likely N-dealkylation sites (tertiary alicyclic amines) is 1. The first kappa shape index (κ1) is 17.0. The number of aromatic nitrogens is 1. The second-order valence-electron chi connectivity index (χ2n) is 6.06. The molecule has 5 nitrogen and oxygen atoms in total. The number of benzene rings is 1. The van der Waals surface area contributed by atoms with Crippen molar-refractivity contribution in [1.82, 2.24) is 14.8 Å². The van der Waals surface area contributed by atoms with Crippen LogP contribution in [0.2, 0.25) is 0 Å². The molecular formula is C18H20IN3O2. The van der Waals surface area contributed by atoms with Gasteiger partial charge in [0.1, 0.15) is 5.69 Å². The van der Waals surface area contributed by atoms with Crippen molar-refractivity contribution < 1.29 is 9.59 Å². The normalized spacial score (nSPS) is 15.6. The van der Waals surface area contributed by atoms with Crippen molar-refractivity contribution in [3.05, 3.63) is 51.9 Å². The van der Waals surface area contributed by atoms with Gasteiger partial charge in [0.15, 0.2) is 0 Å². The number of nitrogens with zero attached hydrogens (tertiary/aromatic N) is 2. The fourth-order valence-electron chi connectivity index (χ4n) is 2.99. The van der Waals surface area contributed by atoms with Gasteiger partial charge >= 0.3 is 0 Å². The summed E-state index contributed by atoms with van der Waals surface area (Å²) in [6, 6.07) is 11.6. The molecule has 0 saturated carbocycles. The van der Waals surface area contributed by atoms with Gasteiger partial charge in [-0.15, -0.1) is 0 Å². The van der Waals surface area contributed by atoms with Gasteiger partial charge in [-0.05, 0) is 66.3 Å². The highest BCUT2D eigenvalue weighted by Crippen LogP contribution is 2.16. The third kappa shape index (κ3) is 3.80. The minimum atomic E-state index is -0.127. The first-order valence-corrected chi connectivity index (χ1v) is 9.14. The Morgan fingerprint density at radius 2 is 2.17 bits per heavy atom. The molecule has 24 heavy (non-hydrogen) atoms. The molecule has 1 aromatic carbocycles. The Kier molecular flexibility index (Phi) is 5.23. The van der Waals surface area contributed by atoms with E-state index >= 15 is 0 Å². The quantitative estimate of drug-likeness (QED) is 0.732. The molecule has 1 atom stereocenters.